The van der Waals surface area contributed by atoms with Gasteiger partial charge in [0.05, 0.1) is 6.55 Å². The molecular weight excluding hydrogens is 280 g/mol. The standard InChI is InChI=1S/C21H29Si/c1-12-10-13(2)17(6)20(16(12)5)22(9)21-18(7)14(3)11-15(4)19(21)8/h10-11H,1-9H3/q+1. The Kier molecular flexibility index (Phi) is 4.67. The van der Waals surface area contributed by atoms with E-state index in [9.17, 15) is 0 Å². The lowest BCUT2D eigenvalue weighted by molar-refractivity contribution is 1.25. The molecule has 1 heteroatoms. The fourth-order valence-corrected chi connectivity index (χ4v) is 6.97. The van der Waals surface area contributed by atoms with Crippen LogP contribution in [0.25, 0.3) is 0 Å². The molecule has 0 heterocycles. The van der Waals surface area contributed by atoms with Crippen molar-refractivity contribution in [3.05, 3.63) is 56.6 Å². The van der Waals surface area contributed by atoms with Gasteiger partial charge in [-0.2, -0.15) is 0 Å². The highest BCUT2D eigenvalue weighted by atomic mass is 28.3. The van der Waals surface area contributed by atoms with Crippen molar-refractivity contribution in [3.8, 4) is 0 Å². The first-order chi connectivity index (χ1) is 10.2. The Hall–Kier alpha value is -1.34. The van der Waals surface area contributed by atoms with E-state index in [1.807, 2.05) is 0 Å². The van der Waals surface area contributed by atoms with E-state index in [0.717, 1.165) is 0 Å². The van der Waals surface area contributed by atoms with Crippen molar-refractivity contribution in [2.75, 3.05) is 0 Å². The molecule has 0 aliphatic rings. The van der Waals surface area contributed by atoms with Gasteiger partial charge in [0.25, 0.3) is 0 Å². The molecule has 0 saturated heterocycles. The lowest BCUT2D eigenvalue weighted by Gasteiger charge is -2.16. The van der Waals surface area contributed by atoms with Crippen LogP contribution in [0.5, 0.6) is 0 Å². The van der Waals surface area contributed by atoms with Crippen LogP contribution in [0.15, 0.2) is 12.1 Å². The van der Waals surface area contributed by atoms with Crippen LogP contribution in [0, 0.1) is 55.4 Å². The Morgan fingerprint density at radius 3 is 0.955 bits per heavy atom. The van der Waals surface area contributed by atoms with Crippen molar-refractivity contribution < 1.29 is 0 Å². The molecule has 0 amide bonds. The first kappa shape index (κ1) is 17.0. The topological polar surface area (TPSA) is 0 Å². The summed E-state index contributed by atoms with van der Waals surface area (Å²) in [4.78, 5) is 0. The van der Waals surface area contributed by atoms with Crippen LogP contribution in [0.3, 0.4) is 0 Å². The minimum atomic E-state index is -0.754. The van der Waals surface area contributed by atoms with Crippen LogP contribution in [0.4, 0.5) is 0 Å². The zero-order valence-electron chi connectivity index (χ0n) is 15.7. The number of benzene rings is 2. The maximum Gasteiger partial charge on any atom is 0.388 e. The molecule has 2 rings (SSSR count). The third-order valence-electron chi connectivity index (χ3n) is 5.48. The van der Waals surface area contributed by atoms with Crippen molar-refractivity contribution in [1.29, 1.82) is 0 Å². The van der Waals surface area contributed by atoms with Crippen molar-refractivity contribution in [2.24, 2.45) is 0 Å². The van der Waals surface area contributed by atoms with E-state index in [0.29, 0.717) is 0 Å². The molecule has 0 N–H and O–H groups in total. The first-order valence-electron chi connectivity index (χ1n) is 8.15. The van der Waals surface area contributed by atoms with E-state index in [2.05, 4.69) is 74.1 Å². The average Bonchev–Trinajstić information content (AvgIpc) is 2.44. The highest BCUT2D eigenvalue weighted by Crippen LogP contribution is 2.18. The van der Waals surface area contributed by atoms with Gasteiger partial charge in [-0.15, -0.1) is 0 Å². The van der Waals surface area contributed by atoms with Gasteiger partial charge >= 0.3 is 8.80 Å². The molecule has 0 nitrogen and oxygen atoms in total. The summed E-state index contributed by atoms with van der Waals surface area (Å²) in [5.74, 6) is 0. The van der Waals surface area contributed by atoms with Crippen LogP contribution >= 0.6 is 0 Å². The molecule has 0 fully saturated rings. The lowest BCUT2D eigenvalue weighted by Crippen LogP contribution is -2.46. The Morgan fingerprint density at radius 2 is 0.727 bits per heavy atom. The number of rotatable bonds is 2. The smallest absolute Gasteiger partial charge is 0.0556 e. The third-order valence-corrected chi connectivity index (χ3v) is 8.48. The van der Waals surface area contributed by atoms with E-state index < -0.39 is 8.80 Å². The van der Waals surface area contributed by atoms with E-state index in [1.165, 1.54) is 44.5 Å². The predicted octanol–water partition coefficient (Wildman–Crippen LogP) is 4.39. The van der Waals surface area contributed by atoms with Gasteiger partial charge in [-0.3, -0.25) is 0 Å². The van der Waals surface area contributed by atoms with E-state index in [-0.39, 0.29) is 0 Å². The van der Waals surface area contributed by atoms with Crippen molar-refractivity contribution >= 4 is 19.2 Å². The van der Waals surface area contributed by atoms with E-state index in [4.69, 9.17) is 0 Å². The molecule has 0 unspecified atom stereocenters. The Bertz CT molecular complexity index is 623. The molecule has 0 aromatic heterocycles. The zero-order valence-corrected chi connectivity index (χ0v) is 16.7. The van der Waals surface area contributed by atoms with E-state index in [1.54, 1.807) is 10.4 Å². The summed E-state index contributed by atoms with van der Waals surface area (Å²) in [7, 11) is -0.754. The molecule has 116 valence electrons. The van der Waals surface area contributed by atoms with Crippen LogP contribution in [-0.2, 0) is 0 Å². The molecule has 0 radical (unpaired) electrons. The van der Waals surface area contributed by atoms with Crippen LogP contribution in [0.2, 0.25) is 6.55 Å². The third kappa shape index (κ3) is 2.67. The SMILES string of the molecule is Cc1cc(C)c(C)c([Si+](C)c2c(C)c(C)cc(C)c2C)c1C. The predicted molar refractivity (Wildman–Crippen MR) is 102 cm³/mol. The molecule has 2 aromatic rings. The molecule has 0 saturated carbocycles. The molecule has 22 heavy (non-hydrogen) atoms. The maximum absolute atomic E-state index is 2.48. The summed E-state index contributed by atoms with van der Waals surface area (Å²) in [5, 5.41) is 3.25. The molecule has 0 atom stereocenters. The monoisotopic (exact) mass is 309 g/mol. The van der Waals surface area contributed by atoms with Gasteiger partial charge in [-0.05, 0) is 99.9 Å². The molecule has 0 spiro atoms. The average molecular weight is 310 g/mol. The summed E-state index contributed by atoms with van der Waals surface area (Å²) in [6.45, 7) is 20.7. The fraction of sp³-hybridized carbons (Fsp3) is 0.429. The van der Waals surface area contributed by atoms with Gasteiger partial charge in [-0.1, -0.05) is 12.1 Å². The van der Waals surface area contributed by atoms with Gasteiger partial charge in [-0.25, -0.2) is 0 Å². The summed E-state index contributed by atoms with van der Waals surface area (Å²) >= 11 is 0. The number of hydrogen-bond donors (Lipinski definition) is 0. The lowest BCUT2D eigenvalue weighted by atomic mass is 10.0. The minimum Gasteiger partial charge on any atom is -0.0556 e. The second-order valence-electron chi connectivity index (χ2n) is 6.90. The van der Waals surface area contributed by atoms with Crippen molar-refractivity contribution in [1.82, 2.24) is 0 Å². The highest BCUT2D eigenvalue weighted by Gasteiger charge is 2.35. The summed E-state index contributed by atoms with van der Waals surface area (Å²) in [6, 6.07) is 4.68. The zero-order chi connectivity index (χ0) is 16.8. The number of hydrogen-bond acceptors (Lipinski definition) is 0. The Balaban J connectivity index is 2.77. The van der Waals surface area contributed by atoms with Gasteiger partial charge < -0.3 is 0 Å². The van der Waals surface area contributed by atoms with Crippen LogP contribution < -0.4 is 10.4 Å². The summed E-state index contributed by atoms with van der Waals surface area (Å²) < 4.78 is 0. The van der Waals surface area contributed by atoms with Crippen molar-refractivity contribution in [3.63, 3.8) is 0 Å². The van der Waals surface area contributed by atoms with Gasteiger partial charge in [0.2, 0.25) is 0 Å². The Labute approximate surface area is 138 Å². The highest BCUT2D eigenvalue weighted by molar-refractivity contribution is 6.85. The van der Waals surface area contributed by atoms with Crippen molar-refractivity contribution in [2.45, 2.75) is 61.9 Å². The quantitative estimate of drug-likeness (QED) is 0.722. The summed E-state index contributed by atoms with van der Waals surface area (Å²) in [5.41, 5.74) is 11.7. The molecule has 0 bridgehead atoms. The van der Waals surface area contributed by atoms with Gasteiger partial charge in [0, 0.05) is 0 Å². The van der Waals surface area contributed by atoms with Gasteiger partial charge in [0.15, 0.2) is 0 Å². The van der Waals surface area contributed by atoms with Crippen LogP contribution in [-0.4, -0.2) is 8.80 Å². The molecule has 0 aliphatic carbocycles. The van der Waals surface area contributed by atoms with Gasteiger partial charge in [0.1, 0.15) is 10.4 Å². The Morgan fingerprint density at radius 1 is 0.500 bits per heavy atom. The molecule has 2 aromatic carbocycles. The first-order valence-corrected chi connectivity index (χ1v) is 10.2. The number of aryl methyl sites for hydroxylation is 4. The van der Waals surface area contributed by atoms with E-state index >= 15 is 0 Å². The second-order valence-corrected chi connectivity index (χ2v) is 9.15. The minimum absolute atomic E-state index is 0.754. The largest absolute Gasteiger partial charge is 0.388 e. The van der Waals surface area contributed by atoms with Crippen LogP contribution in [0.1, 0.15) is 44.5 Å². The molecular formula is C21H29Si+. The molecule has 0 aliphatic heterocycles. The fourth-order valence-electron chi connectivity index (χ4n) is 3.68. The normalized spacial score (nSPS) is 11.0. The second kappa shape index (κ2) is 6.04. The maximum atomic E-state index is 2.48. The summed E-state index contributed by atoms with van der Waals surface area (Å²) in [6.07, 6.45) is 0.